The number of carbonyl (C=O) groups is 1. The van der Waals surface area contributed by atoms with Gasteiger partial charge < -0.3 is 27.9 Å². The van der Waals surface area contributed by atoms with Crippen molar-refractivity contribution in [1.82, 2.24) is 0 Å². The summed E-state index contributed by atoms with van der Waals surface area (Å²) in [6.07, 6.45) is 18.8. The van der Waals surface area contributed by atoms with E-state index in [0.717, 1.165) is 36.7 Å². The predicted octanol–water partition coefficient (Wildman–Crippen LogP) is 6.15. The van der Waals surface area contributed by atoms with Crippen molar-refractivity contribution in [2.75, 3.05) is 40.5 Å². The Morgan fingerprint density at radius 3 is 1.95 bits per heavy atom. The Morgan fingerprint density at radius 2 is 1.45 bits per heavy atom. The number of phosphoric ester groups is 1. The molecule has 9 heteroatoms. The topological polar surface area (TPSA) is 94.1 Å². The van der Waals surface area contributed by atoms with E-state index in [9.17, 15) is 14.3 Å². The van der Waals surface area contributed by atoms with Gasteiger partial charge in [-0.15, -0.1) is 0 Å². The van der Waals surface area contributed by atoms with E-state index in [2.05, 4.69) is 21.0 Å². The Bertz CT molecular complexity index is 704. The van der Waals surface area contributed by atoms with Crippen molar-refractivity contribution in [2.45, 2.75) is 135 Å². The zero-order valence-electron chi connectivity index (χ0n) is 24.7. The Morgan fingerprint density at radius 1 is 0.895 bits per heavy atom. The van der Waals surface area contributed by atoms with E-state index in [1.54, 1.807) is 0 Å². The molecule has 0 aromatic rings. The molecule has 2 fully saturated rings. The predicted molar refractivity (Wildman–Crippen MR) is 149 cm³/mol. The van der Waals surface area contributed by atoms with Crippen molar-refractivity contribution < 1.29 is 37.3 Å². The van der Waals surface area contributed by atoms with Crippen LogP contribution in [0, 0.1) is 5.92 Å². The molecule has 1 saturated heterocycles. The molecular formula is C29H56NO7P. The first-order chi connectivity index (χ1) is 18.1. The largest absolute Gasteiger partial charge is 0.756 e. The number of likely N-dealkylation sites (N-methyl/N-ethyl adjacent to an activating group) is 1. The second kappa shape index (κ2) is 18.0. The second-order valence-corrected chi connectivity index (χ2v) is 13.5. The van der Waals surface area contributed by atoms with E-state index in [-0.39, 0.29) is 25.4 Å². The van der Waals surface area contributed by atoms with E-state index < -0.39 is 19.9 Å². The minimum atomic E-state index is -4.51. The summed E-state index contributed by atoms with van der Waals surface area (Å²) in [5, 5.41) is 0. The highest BCUT2D eigenvalue weighted by molar-refractivity contribution is 7.45. The van der Waals surface area contributed by atoms with E-state index >= 15 is 0 Å². The Hall–Kier alpha value is -0.500. The van der Waals surface area contributed by atoms with Crippen LogP contribution in [-0.4, -0.2) is 69.2 Å². The number of hydrogen-bond acceptors (Lipinski definition) is 7. The summed E-state index contributed by atoms with van der Waals surface area (Å²) < 4.78 is 34.7. The third kappa shape index (κ3) is 13.7. The van der Waals surface area contributed by atoms with Crippen molar-refractivity contribution in [2.24, 2.45) is 5.92 Å². The fourth-order valence-corrected chi connectivity index (χ4v) is 7.18. The first-order valence-electron chi connectivity index (χ1n) is 15.3. The SMILES string of the molecule is CCCCCCCCCCCCCCCCOCC(COP(=O)([O-])OC1CC2CC1[N+](C)(C)C2)OC(C)=O. The van der Waals surface area contributed by atoms with Gasteiger partial charge in [0.25, 0.3) is 7.82 Å². The lowest BCUT2D eigenvalue weighted by molar-refractivity contribution is -0.910. The third-order valence-corrected chi connectivity index (χ3v) is 9.15. The number of carbonyl (C=O) groups excluding carboxylic acids is 1. The number of phosphoric acid groups is 1. The van der Waals surface area contributed by atoms with Crippen molar-refractivity contribution in [3.63, 3.8) is 0 Å². The summed E-state index contributed by atoms with van der Waals surface area (Å²) in [6.45, 7) is 4.98. The first kappa shape index (κ1) is 33.7. The molecule has 5 unspecified atom stereocenters. The summed E-state index contributed by atoms with van der Waals surface area (Å²) in [5.74, 6) is 0.00425. The van der Waals surface area contributed by atoms with Crippen molar-refractivity contribution in [3.05, 3.63) is 0 Å². The number of rotatable bonds is 23. The standard InChI is InChI=1S/C29H56NO7P/c1-5-6-7-8-9-10-11-12-13-14-15-16-17-18-19-34-23-27(36-25(2)31)24-35-38(32,33)37-29-21-26-20-28(29)30(3,4)22-26/h26-29H,5-24H2,1-4H3. The molecule has 0 radical (unpaired) electrons. The first-order valence-corrected chi connectivity index (χ1v) is 16.8. The van der Waals surface area contributed by atoms with Crippen LogP contribution in [0.4, 0.5) is 0 Å². The smallest absolute Gasteiger partial charge is 0.303 e. The van der Waals surface area contributed by atoms with Gasteiger partial charge >= 0.3 is 5.97 Å². The lowest BCUT2D eigenvalue weighted by atomic mass is 10.0. The highest BCUT2D eigenvalue weighted by Crippen LogP contribution is 2.49. The van der Waals surface area contributed by atoms with E-state index in [4.69, 9.17) is 18.5 Å². The molecule has 1 heterocycles. The van der Waals surface area contributed by atoms with Crippen LogP contribution in [0.15, 0.2) is 0 Å². The lowest BCUT2D eigenvalue weighted by Crippen LogP contribution is -2.53. The lowest BCUT2D eigenvalue weighted by Gasteiger charge is -2.40. The maximum atomic E-state index is 12.5. The van der Waals surface area contributed by atoms with Crippen LogP contribution in [0.2, 0.25) is 0 Å². The number of fused-ring (bicyclic) bond motifs is 2. The van der Waals surface area contributed by atoms with Gasteiger partial charge in [-0.25, -0.2) is 0 Å². The molecule has 0 aromatic carbocycles. The fraction of sp³-hybridized carbons (Fsp3) is 0.966. The van der Waals surface area contributed by atoms with Gasteiger partial charge in [0.15, 0.2) is 0 Å². The summed E-state index contributed by atoms with van der Waals surface area (Å²) in [6, 6.07) is 0.170. The molecule has 1 aliphatic carbocycles. The summed E-state index contributed by atoms with van der Waals surface area (Å²) in [5.41, 5.74) is 0. The average molecular weight is 562 g/mol. The van der Waals surface area contributed by atoms with Gasteiger partial charge in [-0.3, -0.25) is 9.36 Å². The highest BCUT2D eigenvalue weighted by Gasteiger charge is 2.53. The van der Waals surface area contributed by atoms with Crippen LogP contribution < -0.4 is 4.89 Å². The zero-order valence-corrected chi connectivity index (χ0v) is 25.6. The summed E-state index contributed by atoms with van der Waals surface area (Å²) in [7, 11) is -0.280. The van der Waals surface area contributed by atoms with Crippen molar-refractivity contribution >= 4 is 13.8 Å². The van der Waals surface area contributed by atoms with E-state index in [0.29, 0.717) is 12.5 Å². The molecule has 5 atom stereocenters. The molecule has 2 bridgehead atoms. The van der Waals surface area contributed by atoms with Gasteiger partial charge in [0, 0.05) is 25.9 Å². The van der Waals surface area contributed by atoms with Gasteiger partial charge in [0.2, 0.25) is 0 Å². The quantitative estimate of drug-likeness (QED) is 0.0639. The van der Waals surface area contributed by atoms with E-state index in [1.165, 1.54) is 84.0 Å². The second-order valence-electron chi connectivity index (χ2n) is 12.2. The molecular weight excluding hydrogens is 505 g/mol. The minimum Gasteiger partial charge on any atom is -0.756 e. The maximum Gasteiger partial charge on any atom is 0.303 e. The fourth-order valence-electron chi connectivity index (χ4n) is 6.21. The van der Waals surface area contributed by atoms with Crippen molar-refractivity contribution in [3.8, 4) is 0 Å². The molecule has 1 aliphatic heterocycles. The molecule has 0 spiro atoms. The number of unbranched alkanes of at least 4 members (excludes halogenated alkanes) is 13. The molecule has 2 aliphatic rings. The van der Waals surface area contributed by atoms with Gasteiger partial charge in [0.1, 0.15) is 18.2 Å². The number of ether oxygens (including phenoxy) is 2. The minimum absolute atomic E-state index is 0.107. The van der Waals surface area contributed by atoms with Crippen LogP contribution in [0.25, 0.3) is 0 Å². The number of nitrogens with zero attached hydrogens (tertiary/aromatic N) is 1. The zero-order chi connectivity index (χ0) is 27.9. The summed E-state index contributed by atoms with van der Waals surface area (Å²) in [4.78, 5) is 24.0. The maximum absolute atomic E-state index is 12.5. The average Bonchev–Trinajstić information content (AvgIpc) is 3.36. The molecule has 38 heavy (non-hydrogen) atoms. The van der Waals surface area contributed by atoms with E-state index in [1.807, 2.05) is 0 Å². The summed E-state index contributed by atoms with van der Waals surface area (Å²) >= 11 is 0. The third-order valence-electron chi connectivity index (χ3n) is 8.16. The molecule has 0 amide bonds. The van der Waals surface area contributed by atoms with Crippen LogP contribution in [0.1, 0.15) is 117 Å². The Kier molecular flexibility index (Phi) is 16.0. The highest BCUT2D eigenvalue weighted by atomic mass is 31.2. The molecule has 0 N–H and O–H groups in total. The van der Waals surface area contributed by atoms with Gasteiger partial charge in [-0.1, -0.05) is 90.4 Å². The number of hydrogen-bond donors (Lipinski definition) is 0. The van der Waals surface area contributed by atoms with Crippen LogP contribution in [0.5, 0.6) is 0 Å². The number of esters is 1. The number of piperidine rings is 1. The number of quaternary nitrogens is 1. The molecule has 8 nitrogen and oxygen atoms in total. The van der Waals surface area contributed by atoms with Gasteiger partial charge in [0.05, 0.1) is 33.9 Å². The van der Waals surface area contributed by atoms with Crippen molar-refractivity contribution in [1.29, 1.82) is 0 Å². The van der Waals surface area contributed by atoms with Gasteiger partial charge in [-0.2, -0.15) is 0 Å². The van der Waals surface area contributed by atoms with Crippen LogP contribution in [0.3, 0.4) is 0 Å². The normalized spacial score (nSPS) is 24.4. The molecule has 0 aromatic heterocycles. The number of likely N-dealkylation sites (tertiary alicyclic amines) is 1. The van der Waals surface area contributed by atoms with Crippen LogP contribution >= 0.6 is 7.82 Å². The molecule has 2 rings (SSSR count). The monoisotopic (exact) mass is 561 g/mol. The Labute approximate surface area is 232 Å². The van der Waals surface area contributed by atoms with Gasteiger partial charge in [-0.05, 0) is 12.8 Å². The molecule has 1 saturated carbocycles. The molecule has 224 valence electrons. The van der Waals surface area contributed by atoms with Crippen LogP contribution in [-0.2, 0) is 27.9 Å². The Balaban J connectivity index is 1.49.